The number of anilines is 1. The highest BCUT2D eigenvalue weighted by Crippen LogP contribution is 2.20. The summed E-state index contributed by atoms with van der Waals surface area (Å²) in [5, 5.41) is 16.1. The van der Waals surface area contributed by atoms with Gasteiger partial charge in [0.25, 0.3) is 11.8 Å². The lowest BCUT2D eigenvalue weighted by Crippen LogP contribution is -2.30. The second-order valence-electron chi connectivity index (χ2n) is 5.82. The van der Waals surface area contributed by atoms with Gasteiger partial charge in [-0.15, -0.1) is 23.1 Å². The molecule has 2 N–H and O–H groups in total. The van der Waals surface area contributed by atoms with Gasteiger partial charge < -0.3 is 10.6 Å². The maximum absolute atomic E-state index is 12.8. The number of rotatable bonds is 7. The summed E-state index contributed by atoms with van der Waals surface area (Å²) < 4.78 is 0. The minimum atomic E-state index is -0.417. The van der Waals surface area contributed by atoms with Crippen molar-refractivity contribution in [2.24, 2.45) is 0 Å². The van der Waals surface area contributed by atoms with Crippen molar-refractivity contribution in [1.29, 1.82) is 5.26 Å². The summed E-state index contributed by atoms with van der Waals surface area (Å²) in [4.78, 5) is 27.1. The van der Waals surface area contributed by atoms with Crippen molar-refractivity contribution < 1.29 is 9.59 Å². The minimum absolute atomic E-state index is 0.157. The van der Waals surface area contributed by atoms with E-state index < -0.39 is 5.91 Å². The van der Waals surface area contributed by atoms with Crippen LogP contribution in [-0.4, -0.2) is 17.6 Å². The fourth-order valence-corrected chi connectivity index (χ4v) is 3.62. The van der Waals surface area contributed by atoms with Gasteiger partial charge in [0.05, 0.1) is 11.8 Å². The highest BCUT2D eigenvalue weighted by molar-refractivity contribution is 7.99. The van der Waals surface area contributed by atoms with Crippen molar-refractivity contribution in [2.75, 3.05) is 11.1 Å². The lowest BCUT2D eigenvalue weighted by Gasteiger charge is -2.11. The van der Waals surface area contributed by atoms with E-state index in [2.05, 4.69) is 16.7 Å². The van der Waals surface area contributed by atoms with Crippen molar-refractivity contribution in [3.63, 3.8) is 0 Å². The molecule has 0 saturated heterocycles. The Morgan fingerprint density at radius 1 is 1.03 bits per heavy atom. The molecule has 0 spiro atoms. The third-order valence-corrected chi connectivity index (χ3v) is 5.47. The zero-order valence-corrected chi connectivity index (χ0v) is 16.9. The van der Waals surface area contributed by atoms with Gasteiger partial charge in [-0.05, 0) is 53.9 Å². The Morgan fingerprint density at radius 3 is 2.45 bits per heavy atom. The average molecular weight is 420 g/mol. The highest BCUT2D eigenvalue weighted by Gasteiger charge is 2.15. The van der Waals surface area contributed by atoms with Crippen molar-refractivity contribution in [2.45, 2.75) is 4.90 Å². The first kappa shape index (κ1) is 20.4. The maximum atomic E-state index is 12.8. The number of nitriles is 1. The molecule has 5 nitrogen and oxygen atoms in total. The molecule has 7 heteroatoms. The monoisotopic (exact) mass is 419 g/mol. The zero-order chi connectivity index (χ0) is 20.5. The number of amides is 2. The Morgan fingerprint density at radius 2 is 1.79 bits per heavy atom. The van der Waals surface area contributed by atoms with Gasteiger partial charge in [0, 0.05) is 21.0 Å². The standard InChI is InChI=1S/C22H17N3O2S2/c23-12-14-29-18-10-8-17(9-11-18)24-22(27)20(15-19-7-4-13-28-19)25-21(26)16-5-2-1-3-6-16/h1-11,13,15H,14H2,(H,24,27)(H,25,26)/b20-15-. The largest absolute Gasteiger partial charge is 0.321 e. The molecule has 0 atom stereocenters. The van der Waals surface area contributed by atoms with Gasteiger partial charge in [-0.3, -0.25) is 9.59 Å². The van der Waals surface area contributed by atoms with Crippen LogP contribution in [0.25, 0.3) is 6.08 Å². The molecule has 144 valence electrons. The zero-order valence-electron chi connectivity index (χ0n) is 15.3. The summed E-state index contributed by atoms with van der Waals surface area (Å²) in [5.41, 5.74) is 1.22. The van der Waals surface area contributed by atoms with E-state index in [0.29, 0.717) is 17.0 Å². The van der Waals surface area contributed by atoms with E-state index in [0.717, 1.165) is 9.77 Å². The van der Waals surface area contributed by atoms with Crippen molar-refractivity contribution in [3.05, 3.63) is 88.2 Å². The van der Waals surface area contributed by atoms with Crippen LogP contribution in [-0.2, 0) is 4.79 Å². The first-order valence-corrected chi connectivity index (χ1v) is 10.5. The van der Waals surface area contributed by atoms with E-state index in [1.807, 2.05) is 35.7 Å². The number of carbonyl (C=O) groups is 2. The predicted octanol–water partition coefficient (Wildman–Crippen LogP) is 4.77. The molecule has 1 heterocycles. The number of benzene rings is 2. The molecule has 2 amide bonds. The summed E-state index contributed by atoms with van der Waals surface area (Å²) in [6.07, 6.45) is 1.65. The summed E-state index contributed by atoms with van der Waals surface area (Å²) in [6.45, 7) is 0. The molecule has 0 bridgehead atoms. The lowest BCUT2D eigenvalue weighted by atomic mass is 10.2. The van der Waals surface area contributed by atoms with Crippen LogP contribution in [0.5, 0.6) is 0 Å². The van der Waals surface area contributed by atoms with Crippen LogP contribution in [0.3, 0.4) is 0 Å². The molecule has 0 fully saturated rings. The second-order valence-corrected chi connectivity index (χ2v) is 7.85. The van der Waals surface area contributed by atoms with Crippen molar-refractivity contribution >= 4 is 46.7 Å². The quantitative estimate of drug-likeness (QED) is 0.427. The van der Waals surface area contributed by atoms with Gasteiger partial charge in [-0.2, -0.15) is 5.26 Å². The van der Waals surface area contributed by atoms with E-state index >= 15 is 0 Å². The van der Waals surface area contributed by atoms with Gasteiger partial charge in [0.1, 0.15) is 5.70 Å². The summed E-state index contributed by atoms with van der Waals surface area (Å²) in [6, 6.07) is 21.8. The molecule has 3 rings (SSSR count). The Balaban J connectivity index is 1.76. The van der Waals surface area contributed by atoms with Gasteiger partial charge in [-0.1, -0.05) is 24.3 Å². The number of hydrogen-bond donors (Lipinski definition) is 2. The van der Waals surface area contributed by atoms with E-state index in [-0.39, 0.29) is 11.6 Å². The smallest absolute Gasteiger partial charge is 0.272 e. The number of thioether (sulfide) groups is 1. The molecular weight excluding hydrogens is 402 g/mol. The minimum Gasteiger partial charge on any atom is -0.321 e. The second kappa shape index (κ2) is 10.3. The Kier molecular flexibility index (Phi) is 7.22. The van der Waals surface area contributed by atoms with Gasteiger partial charge in [0.2, 0.25) is 0 Å². The highest BCUT2D eigenvalue weighted by atomic mass is 32.2. The molecule has 0 radical (unpaired) electrons. The average Bonchev–Trinajstić information content (AvgIpc) is 3.26. The Bertz CT molecular complexity index is 1040. The van der Waals surface area contributed by atoms with E-state index in [9.17, 15) is 9.59 Å². The first-order valence-electron chi connectivity index (χ1n) is 8.68. The number of thiophene rings is 1. The first-order chi connectivity index (χ1) is 14.2. The molecule has 0 aliphatic heterocycles. The Labute approximate surface area is 177 Å². The number of nitrogens with one attached hydrogen (secondary N) is 2. The van der Waals surface area contributed by atoms with Crippen LogP contribution < -0.4 is 10.6 Å². The van der Waals surface area contributed by atoms with Crippen LogP contribution in [0.2, 0.25) is 0 Å². The third kappa shape index (κ3) is 6.07. The molecule has 0 aliphatic rings. The van der Waals surface area contributed by atoms with Gasteiger partial charge in [-0.25, -0.2) is 0 Å². The van der Waals surface area contributed by atoms with Crippen LogP contribution >= 0.6 is 23.1 Å². The SMILES string of the molecule is N#CCSc1ccc(NC(=O)/C(=C/c2cccs2)NC(=O)c2ccccc2)cc1. The fourth-order valence-electron chi connectivity index (χ4n) is 2.41. The molecule has 3 aromatic rings. The van der Waals surface area contributed by atoms with E-state index in [1.165, 1.54) is 23.1 Å². The molecule has 0 aliphatic carbocycles. The van der Waals surface area contributed by atoms with Crippen LogP contribution in [0.4, 0.5) is 5.69 Å². The molecular formula is C22H17N3O2S2. The van der Waals surface area contributed by atoms with Crippen LogP contribution in [0.15, 0.2) is 82.7 Å². The summed E-state index contributed by atoms with van der Waals surface area (Å²) >= 11 is 2.89. The molecule has 0 unspecified atom stereocenters. The predicted molar refractivity (Wildman–Crippen MR) is 118 cm³/mol. The third-order valence-electron chi connectivity index (χ3n) is 3.77. The van der Waals surface area contributed by atoms with Crippen molar-refractivity contribution in [1.82, 2.24) is 5.32 Å². The van der Waals surface area contributed by atoms with Crippen LogP contribution in [0, 0.1) is 11.3 Å². The molecule has 0 saturated carbocycles. The number of hydrogen-bond acceptors (Lipinski definition) is 5. The summed E-state index contributed by atoms with van der Waals surface area (Å²) in [7, 11) is 0. The molecule has 29 heavy (non-hydrogen) atoms. The van der Waals surface area contributed by atoms with Crippen LogP contribution in [0.1, 0.15) is 15.2 Å². The van der Waals surface area contributed by atoms with Crippen molar-refractivity contribution in [3.8, 4) is 6.07 Å². The Hall–Kier alpha value is -3.34. The van der Waals surface area contributed by atoms with Gasteiger partial charge in [0.15, 0.2) is 0 Å². The normalized spacial score (nSPS) is 10.8. The molecule has 2 aromatic carbocycles. The number of carbonyl (C=O) groups excluding carboxylic acids is 2. The van der Waals surface area contributed by atoms with E-state index in [1.54, 1.807) is 42.5 Å². The molecule has 1 aromatic heterocycles. The van der Waals surface area contributed by atoms with E-state index in [4.69, 9.17) is 5.26 Å². The fraction of sp³-hybridized carbons (Fsp3) is 0.0455. The summed E-state index contributed by atoms with van der Waals surface area (Å²) in [5.74, 6) is -0.405. The van der Waals surface area contributed by atoms with Gasteiger partial charge >= 0.3 is 0 Å². The maximum Gasteiger partial charge on any atom is 0.272 e. The topological polar surface area (TPSA) is 82.0 Å². The number of nitrogens with zero attached hydrogens (tertiary/aromatic N) is 1. The lowest BCUT2D eigenvalue weighted by molar-refractivity contribution is -0.113.